The highest BCUT2D eigenvalue weighted by atomic mass is 35.5. The molecule has 1 saturated heterocycles. The van der Waals surface area contributed by atoms with E-state index in [0.717, 1.165) is 54.6 Å². The van der Waals surface area contributed by atoms with E-state index in [-0.39, 0.29) is 0 Å². The number of aromatic nitrogens is 2. The number of hydrogen-bond acceptors (Lipinski definition) is 3. The molecule has 118 valence electrons. The molecule has 0 unspecified atom stereocenters. The van der Waals surface area contributed by atoms with Crippen molar-refractivity contribution in [3.63, 3.8) is 0 Å². The van der Waals surface area contributed by atoms with E-state index in [1.54, 1.807) is 0 Å². The lowest BCUT2D eigenvalue weighted by Crippen LogP contribution is -2.35. The number of ether oxygens (including phenoxy) is 1. The van der Waals surface area contributed by atoms with Crippen molar-refractivity contribution in [3.05, 3.63) is 53.3 Å². The number of aromatic amines is 1. The van der Waals surface area contributed by atoms with Crippen molar-refractivity contribution in [2.75, 3.05) is 26.3 Å². The molecular weight excluding hydrogens is 310 g/mol. The van der Waals surface area contributed by atoms with Crippen LogP contribution in [0.1, 0.15) is 5.69 Å². The van der Waals surface area contributed by atoms with Gasteiger partial charge < -0.3 is 9.72 Å². The summed E-state index contributed by atoms with van der Waals surface area (Å²) in [6.07, 6.45) is 1.90. The lowest BCUT2D eigenvalue weighted by Gasteiger charge is -2.25. The van der Waals surface area contributed by atoms with Gasteiger partial charge in [-0.3, -0.25) is 9.88 Å². The second-order valence-electron chi connectivity index (χ2n) is 5.85. The number of nitrogens with one attached hydrogen (secondary N) is 1. The number of halogens is 1. The van der Waals surface area contributed by atoms with Crippen molar-refractivity contribution >= 4 is 22.5 Å². The maximum atomic E-state index is 5.95. The lowest BCUT2D eigenvalue weighted by molar-refractivity contribution is 0.0337. The molecule has 0 bridgehead atoms. The van der Waals surface area contributed by atoms with Crippen LogP contribution in [0.2, 0.25) is 5.02 Å². The van der Waals surface area contributed by atoms with Crippen LogP contribution in [0.15, 0.2) is 42.6 Å². The number of hydrogen-bond donors (Lipinski definition) is 1. The maximum Gasteiger partial charge on any atom is 0.0709 e. The Balaban J connectivity index is 1.60. The summed E-state index contributed by atoms with van der Waals surface area (Å²) in [7, 11) is 0. The molecule has 3 heterocycles. The van der Waals surface area contributed by atoms with E-state index < -0.39 is 0 Å². The monoisotopic (exact) mass is 327 g/mol. The molecule has 2 aromatic heterocycles. The first-order valence-corrected chi connectivity index (χ1v) is 8.19. The summed E-state index contributed by atoms with van der Waals surface area (Å²) in [6.45, 7) is 4.55. The number of nitrogens with zero attached hydrogens (tertiary/aromatic N) is 2. The fourth-order valence-electron chi connectivity index (χ4n) is 2.96. The molecule has 1 N–H and O–H groups in total. The van der Waals surface area contributed by atoms with Gasteiger partial charge in [-0.2, -0.15) is 0 Å². The van der Waals surface area contributed by atoms with Crippen LogP contribution in [0.4, 0.5) is 0 Å². The van der Waals surface area contributed by atoms with Gasteiger partial charge in [-0.25, -0.2) is 0 Å². The Bertz CT molecular complexity index is 807. The van der Waals surface area contributed by atoms with Crippen molar-refractivity contribution < 1.29 is 4.74 Å². The van der Waals surface area contributed by atoms with Crippen LogP contribution in [0.5, 0.6) is 0 Å². The Hall–Kier alpha value is -1.88. The number of morpholine rings is 1. The summed E-state index contributed by atoms with van der Waals surface area (Å²) in [5.74, 6) is 0. The summed E-state index contributed by atoms with van der Waals surface area (Å²) >= 11 is 5.95. The van der Waals surface area contributed by atoms with Crippen LogP contribution in [-0.4, -0.2) is 41.2 Å². The van der Waals surface area contributed by atoms with Crippen molar-refractivity contribution in [2.45, 2.75) is 6.54 Å². The Kier molecular flexibility index (Phi) is 4.04. The minimum atomic E-state index is 0.740. The second kappa shape index (κ2) is 6.32. The first-order valence-electron chi connectivity index (χ1n) is 7.82. The first kappa shape index (κ1) is 14.7. The molecule has 4 nitrogen and oxygen atoms in total. The van der Waals surface area contributed by atoms with E-state index in [1.165, 1.54) is 11.1 Å². The predicted octanol–water partition coefficient (Wildman–Crippen LogP) is 3.72. The molecule has 0 aliphatic carbocycles. The number of benzene rings is 1. The number of fused-ring (bicyclic) bond motifs is 1. The molecule has 0 saturated carbocycles. The van der Waals surface area contributed by atoms with E-state index in [2.05, 4.69) is 27.0 Å². The normalized spacial score (nSPS) is 16.0. The highest BCUT2D eigenvalue weighted by Gasteiger charge is 2.12. The zero-order valence-corrected chi connectivity index (χ0v) is 13.5. The molecule has 23 heavy (non-hydrogen) atoms. The Morgan fingerprint density at radius 1 is 1.13 bits per heavy atom. The van der Waals surface area contributed by atoms with Gasteiger partial charge in [0, 0.05) is 41.3 Å². The topological polar surface area (TPSA) is 41.1 Å². The Morgan fingerprint density at radius 3 is 2.70 bits per heavy atom. The molecular formula is C18H18ClN3O. The minimum Gasteiger partial charge on any atom is -0.379 e. The molecule has 0 spiro atoms. The van der Waals surface area contributed by atoms with Gasteiger partial charge in [-0.1, -0.05) is 23.7 Å². The number of H-pyrrole nitrogens is 1. The maximum absolute atomic E-state index is 5.95. The highest BCUT2D eigenvalue weighted by Crippen LogP contribution is 2.24. The van der Waals surface area contributed by atoms with Crippen LogP contribution in [-0.2, 0) is 11.3 Å². The van der Waals surface area contributed by atoms with E-state index in [4.69, 9.17) is 16.3 Å². The minimum absolute atomic E-state index is 0.740. The zero-order valence-electron chi connectivity index (χ0n) is 12.8. The summed E-state index contributed by atoms with van der Waals surface area (Å²) < 4.78 is 5.40. The SMILES string of the molecule is Clc1ccc(-c2cc3cc(CN4CCOCC4)[nH]c3cn2)cc1. The van der Waals surface area contributed by atoms with Gasteiger partial charge in [0.05, 0.1) is 30.6 Å². The molecule has 4 rings (SSSR count). The van der Waals surface area contributed by atoms with Gasteiger partial charge in [0.2, 0.25) is 0 Å². The highest BCUT2D eigenvalue weighted by molar-refractivity contribution is 6.30. The van der Waals surface area contributed by atoms with E-state index in [0.29, 0.717) is 0 Å². The second-order valence-corrected chi connectivity index (χ2v) is 6.28. The third-order valence-electron chi connectivity index (χ3n) is 4.20. The first-order chi connectivity index (χ1) is 11.3. The molecule has 1 aromatic carbocycles. The molecule has 0 amide bonds. The predicted molar refractivity (Wildman–Crippen MR) is 92.6 cm³/mol. The average molecular weight is 328 g/mol. The van der Waals surface area contributed by atoms with E-state index in [9.17, 15) is 0 Å². The molecule has 0 atom stereocenters. The molecule has 1 aliphatic rings. The van der Waals surface area contributed by atoms with Crippen LogP contribution in [0, 0.1) is 0 Å². The van der Waals surface area contributed by atoms with Gasteiger partial charge in [-0.05, 0) is 24.3 Å². The van der Waals surface area contributed by atoms with Gasteiger partial charge >= 0.3 is 0 Å². The van der Waals surface area contributed by atoms with Crippen LogP contribution in [0.3, 0.4) is 0 Å². The summed E-state index contributed by atoms with van der Waals surface area (Å²) in [5, 5.41) is 1.93. The van der Waals surface area contributed by atoms with E-state index in [1.807, 2.05) is 30.5 Å². The fraction of sp³-hybridized carbons (Fsp3) is 0.278. The van der Waals surface area contributed by atoms with Crippen molar-refractivity contribution in [2.24, 2.45) is 0 Å². The largest absolute Gasteiger partial charge is 0.379 e. The van der Waals surface area contributed by atoms with Crippen LogP contribution < -0.4 is 0 Å². The summed E-state index contributed by atoms with van der Waals surface area (Å²) in [5.41, 5.74) is 4.33. The van der Waals surface area contributed by atoms with E-state index >= 15 is 0 Å². The lowest BCUT2D eigenvalue weighted by atomic mass is 10.1. The van der Waals surface area contributed by atoms with Gasteiger partial charge in [0.25, 0.3) is 0 Å². The third kappa shape index (κ3) is 3.24. The average Bonchev–Trinajstić information content (AvgIpc) is 2.98. The molecule has 0 radical (unpaired) electrons. The fourth-order valence-corrected chi connectivity index (χ4v) is 3.08. The third-order valence-corrected chi connectivity index (χ3v) is 4.45. The molecule has 1 aliphatic heterocycles. The molecule has 5 heteroatoms. The van der Waals surface area contributed by atoms with Crippen molar-refractivity contribution in [1.82, 2.24) is 14.9 Å². The van der Waals surface area contributed by atoms with Gasteiger partial charge in [-0.15, -0.1) is 0 Å². The Morgan fingerprint density at radius 2 is 1.91 bits per heavy atom. The quantitative estimate of drug-likeness (QED) is 0.797. The smallest absolute Gasteiger partial charge is 0.0709 e. The van der Waals surface area contributed by atoms with Gasteiger partial charge in [0.15, 0.2) is 0 Å². The number of rotatable bonds is 3. The summed E-state index contributed by atoms with van der Waals surface area (Å²) in [4.78, 5) is 10.4. The zero-order chi connectivity index (χ0) is 15.6. The van der Waals surface area contributed by atoms with Crippen molar-refractivity contribution in [3.8, 4) is 11.3 Å². The van der Waals surface area contributed by atoms with Crippen LogP contribution >= 0.6 is 11.6 Å². The molecule has 3 aromatic rings. The molecule has 1 fully saturated rings. The Labute approximate surface area is 140 Å². The standard InChI is InChI=1S/C18H18ClN3O/c19-15-3-1-13(2-4-15)17-10-14-9-16(21-18(14)11-20-17)12-22-5-7-23-8-6-22/h1-4,9-11,21H,5-8,12H2. The number of pyridine rings is 1. The summed E-state index contributed by atoms with van der Waals surface area (Å²) in [6, 6.07) is 12.1. The van der Waals surface area contributed by atoms with Crippen LogP contribution in [0.25, 0.3) is 22.2 Å². The van der Waals surface area contributed by atoms with Crippen molar-refractivity contribution in [1.29, 1.82) is 0 Å². The van der Waals surface area contributed by atoms with Gasteiger partial charge in [0.1, 0.15) is 0 Å².